The fourth-order valence-corrected chi connectivity index (χ4v) is 1.83. The van der Waals surface area contributed by atoms with E-state index in [4.69, 9.17) is 4.74 Å². The second kappa shape index (κ2) is 3.01. The van der Waals surface area contributed by atoms with Gasteiger partial charge in [-0.25, -0.2) is 4.79 Å². The van der Waals surface area contributed by atoms with Gasteiger partial charge >= 0.3 is 6.09 Å². The van der Waals surface area contributed by atoms with E-state index < -0.39 is 0 Å². The minimum Gasteiger partial charge on any atom is -0.447 e. The quantitative estimate of drug-likeness (QED) is 0.721. The predicted octanol–water partition coefficient (Wildman–Crippen LogP) is 0.818. The van der Waals surface area contributed by atoms with Crippen LogP contribution in [0.15, 0.2) is 0 Å². The minimum absolute atomic E-state index is 0.0452. The Balaban J connectivity index is 2.36. The average molecular weight is 195 g/mol. The van der Waals surface area contributed by atoms with Crippen LogP contribution in [0.4, 0.5) is 4.79 Å². The Hall–Kier alpha value is -1.52. The van der Waals surface area contributed by atoms with E-state index in [2.05, 4.69) is 10.4 Å². The summed E-state index contributed by atoms with van der Waals surface area (Å²) < 4.78 is 6.67. The Bertz CT molecular complexity index is 384. The maximum Gasteiger partial charge on any atom is 0.407 e. The monoisotopic (exact) mass is 195 g/mol. The summed E-state index contributed by atoms with van der Waals surface area (Å²) in [7, 11) is 1.89. The molecule has 1 amide bonds. The molecule has 14 heavy (non-hydrogen) atoms. The number of hydrogen-bond donors (Lipinski definition) is 1. The second-order valence-corrected chi connectivity index (χ2v) is 3.50. The van der Waals surface area contributed by atoms with Gasteiger partial charge in [-0.15, -0.1) is 0 Å². The number of ether oxygens (including phenoxy) is 1. The number of nitrogens with zero attached hydrogens (tertiary/aromatic N) is 2. The van der Waals surface area contributed by atoms with E-state index in [1.54, 1.807) is 0 Å². The molecule has 0 saturated carbocycles. The number of carbonyl (C=O) groups is 1. The largest absolute Gasteiger partial charge is 0.447 e. The Morgan fingerprint density at radius 2 is 2.29 bits per heavy atom. The van der Waals surface area contributed by atoms with Crippen molar-refractivity contribution in [2.75, 3.05) is 6.61 Å². The van der Waals surface area contributed by atoms with Crippen molar-refractivity contribution in [3.05, 3.63) is 17.0 Å². The van der Waals surface area contributed by atoms with E-state index >= 15 is 0 Å². The lowest BCUT2D eigenvalue weighted by Crippen LogP contribution is -2.19. The molecule has 5 heteroatoms. The molecule has 1 aliphatic heterocycles. The molecular weight excluding hydrogens is 182 g/mol. The first-order chi connectivity index (χ1) is 6.59. The van der Waals surface area contributed by atoms with Gasteiger partial charge in [0, 0.05) is 18.3 Å². The molecule has 1 aromatic heterocycles. The number of alkyl carbamates (subject to hydrolysis) is 1. The van der Waals surface area contributed by atoms with Crippen LogP contribution in [0.3, 0.4) is 0 Å². The highest BCUT2D eigenvalue weighted by molar-refractivity contribution is 5.70. The molecule has 2 rings (SSSR count). The summed E-state index contributed by atoms with van der Waals surface area (Å²) in [6.45, 7) is 4.32. The predicted molar refractivity (Wildman–Crippen MR) is 49.9 cm³/mol. The molecule has 0 radical (unpaired) electrons. The zero-order valence-electron chi connectivity index (χ0n) is 8.50. The smallest absolute Gasteiger partial charge is 0.407 e. The first-order valence-electron chi connectivity index (χ1n) is 4.53. The molecule has 0 spiro atoms. The van der Waals surface area contributed by atoms with Crippen molar-refractivity contribution >= 4 is 6.09 Å². The highest BCUT2D eigenvalue weighted by atomic mass is 16.6. The van der Waals surface area contributed by atoms with E-state index in [-0.39, 0.29) is 12.1 Å². The van der Waals surface area contributed by atoms with Crippen LogP contribution in [0.5, 0.6) is 0 Å². The Morgan fingerprint density at radius 1 is 1.57 bits per heavy atom. The zero-order valence-corrected chi connectivity index (χ0v) is 8.50. The first-order valence-corrected chi connectivity index (χ1v) is 4.53. The molecule has 76 valence electrons. The number of amides is 1. The number of rotatable bonds is 1. The Morgan fingerprint density at radius 3 is 2.71 bits per heavy atom. The van der Waals surface area contributed by atoms with Crippen molar-refractivity contribution in [3.63, 3.8) is 0 Å². The van der Waals surface area contributed by atoms with E-state index in [9.17, 15) is 4.79 Å². The summed E-state index contributed by atoms with van der Waals surface area (Å²) in [6.07, 6.45) is -0.349. The van der Waals surface area contributed by atoms with Crippen LogP contribution in [-0.4, -0.2) is 22.5 Å². The van der Waals surface area contributed by atoms with Gasteiger partial charge < -0.3 is 10.1 Å². The summed E-state index contributed by atoms with van der Waals surface area (Å²) in [5, 5.41) is 7.04. The molecular formula is C9H13N3O2. The summed E-state index contributed by atoms with van der Waals surface area (Å²) >= 11 is 0. The summed E-state index contributed by atoms with van der Waals surface area (Å²) in [5.74, 6) is 0. The standard InChI is InChI=1S/C9H13N3O2/c1-5-8(6(2)12(3)11-5)7-4-14-9(13)10-7/h7H,4H2,1-3H3,(H,10,13). The lowest BCUT2D eigenvalue weighted by Gasteiger charge is -2.07. The molecule has 1 N–H and O–H groups in total. The van der Waals surface area contributed by atoms with E-state index in [1.165, 1.54) is 0 Å². The van der Waals surface area contributed by atoms with Crippen LogP contribution in [-0.2, 0) is 11.8 Å². The molecule has 1 unspecified atom stereocenters. The molecule has 1 saturated heterocycles. The van der Waals surface area contributed by atoms with Crippen molar-refractivity contribution in [1.82, 2.24) is 15.1 Å². The summed E-state index contributed by atoms with van der Waals surface area (Å²) in [4.78, 5) is 10.9. The number of hydrogen-bond acceptors (Lipinski definition) is 3. The van der Waals surface area contributed by atoms with Crippen molar-refractivity contribution in [1.29, 1.82) is 0 Å². The number of aryl methyl sites for hydroxylation is 2. The fraction of sp³-hybridized carbons (Fsp3) is 0.556. The summed E-state index contributed by atoms with van der Waals surface area (Å²) in [6, 6.07) is -0.0452. The molecule has 1 aromatic rings. The Labute approximate surface area is 82.0 Å². The van der Waals surface area contributed by atoms with E-state index in [0.717, 1.165) is 17.0 Å². The van der Waals surface area contributed by atoms with Gasteiger partial charge in [-0.3, -0.25) is 4.68 Å². The van der Waals surface area contributed by atoms with Gasteiger partial charge in [0.05, 0.1) is 11.7 Å². The van der Waals surface area contributed by atoms with Gasteiger partial charge in [-0.05, 0) is 13.8 Å². The van der Waals surface area contributed by atoms with Gasteiger partial charge in [0.2, 0.25) is 0 Å². The average Bonchev–Trinajstić information content (AvgIpc) is 2.60. The van der Waals surface area contributed by atoms with Crippen molar-refractivity contribution < 1.29 is 9.53 Å². The van der Waals surface area contributed by atoms with Gasteiger partial charge in [0.25, 0.3) is 0 Å². The van der Waals surface area contributed by atoms with Crippen molar-refractivity contribution in [2.45, 2.75) is 19.9 Å². The lowest BCUT2D eigenvalue weighted by atomic mass is 10.1. The molecule has 0 bridgehead atoms. The van der Waals surface area contributed by atoms with E-state index in [0.29, 0.717) is 6.61 Å². The maximum atomic E-state index is 10.9. The third-order valence-corrected chi connectivity index (χ3v) is 2.59. The van der Waals surface area contributed by atoms with Crippen LogP contribution in [0.1, 0.15) is 23.0 Å². The molecule has 5 nitrogen and oxygen atoms in total. The Kier molecular flexibility index (Phi) is 1.94. The highest BCUT2D eigenvalue weighted by Gasteiger charge is 2.28. The van der Waals surface area contributed by atoms with Gasteiger partial charge in [0.15, 0.2) is 0 Å². The number of carbonyl (C=O) groups excluding carboxylic acids is 1. The maximum absolute atomic E-state index is 10.9. The second-order valence-electron chi connectivity index (χ2n) is 3.50. The molecule has 0 aromatic carbocycles. The normalized spacial score (nSPS) is 20.8. The SMILES string of the molecule is Cc1nn(C)c(C)c1C1COC(=O)N1. The zero-order chi connectivity index (χ0) is 10.3. The van der Waals surface area contributed by atoms with Gasteiger partial charge in [-0.1, -0.05) is 0 Å². The number of cyclic esters (lactones) is 1. The van der Waals surface area contributed by atoms with E-state index in [1.807, 2.05) is 25.6 Å². The van der Waals surface area contributed by atoms with Crippen molar-refractivity contribution in [3.8, 4) is 0 Å². The lowest BCUT2D eigenvalue weighted by molar-refractivity contribution is 0.177. The van der Waals surface area contributed by atoms with Crippen molar-refractivity contribution in [2.24, 2.45) is 7.05 Å². The third-order valence-electron chi connectivity index (χ3n) is 2.59. The first kappa shape index (κ1) is 9.05. The van der Waals surface area contributed by atoms with Crippen LogP contribution in [0, 0.1) is 13.8 Å². The van der Waals surface area contributed by atoms with Crippen LogP contribution in [0.2, 0.25) is 0 Å². The molecule has 1 atom stereocenters. The number of nitrogens with one attached hydrogen (secondary N) is 1. The molecule has 0 aliphatic carbocycles. The number of aromatic nitrogens is 2. The topological polar surface area (TPSA) is 56.2 Å². The molecule has 2 heterocycles. The molecule has 1 aliphatic rings. The summed E-state index contributed by atoms with van der Waals surface area (Å²) in [5.41, 5.74) is 3.08. The fourth-order valence-electron chi connectivity index (χ4n) is 1.83. The van der Waals surface area contributed by atoms with Crippen LogP contribution >= 0.6 is 0 Å². The third kappa shape index (κ3) is 1.25. The van der Waals surface area contributed by atoms with Gasteiger partial charge in [-0.2, -0.15) is 5.10 Å². The van der Waals surface area contributed by atoms with Crippen LogP contribution < -0.4 is 5.32 Å². The van der Waals surface area contributed by atoms with Gasteiger partial charge in [0.1, 0.15) is 6.61 Å². The van der Waals surface area contributed by atoms with Crippen LogP contribution in [0.25, 0.3) is 0 Å². The highest BCUT2D eigenvalue weighted by Crippen LogP contribution is 2.24. The molecule has 1 fully saturated rings. The minimum atomic E-state index is -0.349.